The van der Waals surface area contributed by atoms with Gasteiger partial charge in [-0.2, -0.15) is 0 Å². The van der Waals surface area contributed by atoms with E-state index in [9.17, 15) is 24.0 Å². The number of H-pyrrole nitrogens is 2. The molecular weight excluding hydrogens is 560 g/mol. The van der Waals surface area contributed by atoms with Crippen LogP contribution in [0, 0.1) is 0 Å². The zero-order valence-corrected chi connectivity index (χ0v) is 22.2. The number of amides is 3. The third kappa shape index (κ3) is 4.92. The summed E-state index contributed by atoms with van der Waals surface area (Å²) in [7, 11) is 0. The number of nitrogens with one attached hydrogen (secondary N) is 5. The van der Waals surface area contributed by atoms with Gasteiger partial charge in [-0.15, -0.1) is 0 Å². The van der Waals surface area contributed by atoms with Gasteiger partial charge in [-0.25, -0.2) is 14.3 Å². The van der Waals surface area contributed by atoms with Gasteiger partial charge in [-0.1, -0.05) is 23.4 Å². The lowest BCUT2D eigenvalue weighted by atomic mass is 10.0. The average Bonchev–Trinajstić information content (AvgIpc) is 3.72. The third-order valence-electron chi connectivity index (χ3n) is 7.30. The van der Waals surface area contributed by atoms with E-state index < -0.39 is 23.1 Å². The molecule has 5 N–H and O–H groups in total. The molecule has 0 saturated heterocycles. The normalized spacial score (nSPS) is 15.3. The molecule has 43 heavy (non-hydrogen) atoms. The Balaban J connectivity index is 1.11. The summed E-state index contributed by atoms with van der Waals surface area (Å²) in [5.41, 5.74) is 3.36. The highest BCUT2D eigenvalue weighted by atomic mass is 16.5. The Bertz CT molecular complexity index is 2070. The second-order valence-electron chi connectivity index (χ2n) is 10.1. The van der Waals surface area contributed by atoms with Crippen molar-refractivity contribution in [2.45, 2.75) is 25.4 Å². The average molecular weight is 583 g/mol. The van der Waals surface area contributed by atoms with Gasteiger partial charge in [-0.3, -0.25) is 33.8 Å². The number of aryl methyl sites for hydroxylation is 1. The molecule has 1 aliphatic carbocycles. The Labute approximate surface area is 240 Å². The third-order valence-corrected chi connectivity index (χ3v) is 7.30. The smallest absolute Gasteiger partial charge is 0.439 e. The number of carbonyl (C=O) groups excluding carboxylic acids is 3. The van der Waals surface area contributed by atoms with Crippen molar-refractivity contribution >= 4 is 29.1 Å². The number of carbonyl (C=O) groups is 3. The zero-order valence-electron chi connectivity index (χ0n) is 22.2. The first-order valence-corrected chi connectivity index (χ1v) is 13.3. The van der Waals surface area contributed by atoms with E-state index in [2.05, 4.69) is 40.7 Å². The fourth-order valence-electron chi connectivity index (χ4n) is 5.29. The van der Waals surface area contributed by atoms with Gasteiger partial charge in [-0.05, 0) is 47.7 Å². The van der Waals surface area contributed by atoms with Crippen LogP contribution in [0.3, 0.4) is 0 Å². The van der Waals surface area contributed by atoms with E-state index in [4.69, 9.17) is 4.74 Å². The summed E-state index contributed by atoms with van der Waals surface area (Å²) in [6, 6.07) is 12.8. The van der Waals surface area contributed by atoms with Crippen molar-refractivity contribution in [1.82, 2.24) is 35.4 Å². The van der Waals surface area contributed by atoms with Crippen molar-refractivity contribution in [2.24, 2.45) is 0 Å². The Hall–Kier alpha value is -5.99. The largest absolute Gasteiger partial charge is 0.482 e. The molecule has 0 unspecified atom stereocenters. The van der Waals surface area contributed by atoms with Crippen molar-refractivity contribution in [2.75, 3.05) is 11.9 Å². The summed E-state index contributed by atoms with van der Waals surface area (Å²) in [4.78, 5) is 68.5. The maximum Gasteiger partial charge on any atom is 0.439 e. The van der Waals surface area contributed by atoms with Gasteiger partial charge in [0.1, 0.15) is 17.1 Å². The van der Waals surface area contributed by atoms with E-state index in [0.717, 1.165) is 11.1 Å². The fourth-order valence-corrected chi connectivity index (χ4v) is 5.29. The predicted octanol–water partition coefficient (Wildman–Crippen LogP) is 1.04. The number of aromatic nitrogens is 5. The van der Waals surface area contributed by atoms with Crippen LogP contribution in [0.15, 0.2) is 62.6 Å². The van der Waals surface area contributed by atoms with Crippen molar-refractivity contribution in [1.29, 1.82) is 0 Å². The molecule has 15 heteroatoms. The van der Waals surface area contributed by atoms with Gasteiger partial charge in [0.05, 0.1) is 11.7 Å². The Kier molecular flexibility index (Phi) is 6.11. The van der Waals surface area contributed by atoms with Gasteiger partial charge < -0.3 is 20.7 Å². The highest BCUT2D eigenvalue weighted by Crippen LogP contribution is 2.34. The van der Waals surface area contributed by atoms with Gasteiger partial charge in [0.25, 0.3) is 23.3 Å². The topological polar surface area (TPSA) is 206 Å². The molecule has 15 nitrogen and oxygen atoms in total. The molecule has 1 atom stereocenters. The minimum absolute atomic E-state index is 0.0242. The highest BCUT2D eigenvalue weighted by Gasteiger charge is 2.27. The minimum Gasteiger partial charge on any atom is -0.482 e. The Morgan fingerprint density at radius 1 is 1.05 bits per heavy atom. The van der Waals surface area contributed by atoms with Gasteiger partial charge in [0, 0.05) is 24.2 Å². The fraction of sp³-hybridized carbons (Fsp3) is 0.179. The number of hydrogen-bond acceptors (Lipinski definition) is 9. The lowest BCUT2D eigenvalue weighted by Crippen LogP contribution is -2.31. The number of nitrogens with zero attached hydrogens (tertiary/aromatic N) is 3. The molecule has 3 amide bonds. The van der Waals surface area contributed by atoms with E-state index in [1.165, 1.54) is 16.6 Å². The number of anilines is 1. The van der Waals surface area contributed by atoms with Crippen molar-refractivity contribution in [3.8, 4) is 17.1 Å². The molecule has 1 aliphatic heterocycles. The van der Waals surface area contributed by atoms with Crippen LogP contribution in [0.25, 0.3) is 17.0 Å². The minimum atomic E-state index is -0.649. The van der Waals surface area contributed by atoms with Crippen LogP contribution in [0.5, 0.6) is 5.75 Å². The van der Waals surface area contributed by atoms with E-state index in [1.807, 2.05) is 12.1 Å². The number of aromatic amines is 2. The second-order valence-corrected chi connectivity index (χ2v) is 10.1. The first kappa shape index (κ1) is 25.9. The maximum absolute atomic E-state index is 13.5. The molecule has 0 spiro atoms. The molecule has 4 heterocycles. The van der Waals surface area contributed by atoms with Crippen LogP contribution in [0.2, 0.25) is 0 Å². The van der Waals surface area contributed by atoms with E-state index in [0.29, 0.717) is 41.2 Å². The number of rotatable bonds is 6. The summed E-state index contributed by atoms with van der Waals surface area (Å²) in [5, 5.41) is 14.7. The highest BCUT2D eigenvalue weighted by molar-refractivity contribution is 5.98. The summed E-state index contributed by atoms with van der Waals surface area (Å²) < 4.78 is 11.2. The Morgan fingerprint density at radius 2 is 1.93 bits per heavy atom. The van der Waals surface area contributed by atoms with Crippen LogP contribution in [-0.2, 0) is 17.8 Å². The summed E-state index contributed by atoms with van der Waals surface area (Å²) >= 11 is 0. The van der Waals surface area contributed by atoms with Crippen LogP contribution in [-0.4, -0.2) is 49.1 Å². The number of benzene rings is 2. The van der Waals surface area contributed by atoms with E-state index >= 15 is 0 Å². The van der Waals surface area contributed by atoms with Crippen molar-refractivity contribution < 1.29 is 23.6 Å². The number of ether oxygens (including phenoxy) is 1. The monoisotopic (exact) mass is 582 g/mol. The predicted molar refractivity (Wildman–Crippen MR) is 149 cm³/mol. The molecule has 3 aromatic heterocycles. The zero-order chi connectivity index (χ0) is 29.7. The number of fused-ring (bicyclic) bond motifs is 3. The van der Waals surface area contributed by atoms with Crippen molar-refractivity contribution in [3.63, 3.8) is 0 Å². The maximum atomic E-state index is 13.5. The lowest BCUT2D eigenvalue weighted by molar-refractivity contribution is -0.118. The SMILES string of the molecule is O=C1COc2ccc(CNC(=O)c3cc(C(=O)N[C@H]4CCc5cc(-c6noc(=O)[nH]6)ccc54)n4[nH]c(=O)cc4n3)cc2N1. The molecule has 7 rings (SSSR count). The van der Waals surface area contributed by atoms with Crippen molar-refractivity contribution in [3.05, 3.63) is 97.5 Å². The van der Waals surface area contributed by atoms with Crippen LogP contribution in [0.1, 0.15) is 50.1 Å². The summed E-state index contributed by atoms with van der Waals surface area (Å²) in [6.45, 7) is 0.0514. The van der Waals surface area contributed by atoms with Gasteiger partial charge in [0.2, 0.25) is 0 Å². The van der Waals surface area contributed by atoms with E-state index in [1.54, 1.807) is 24.3 Å². The van der Waals surface area contributed by atoms with Crippen LogP contribution >= 0.6 is 0 Å². The van der Waals surface area contributed by atoms with Crippen LogP contribution < -0.4 is 32.0 Å². The second kappa shape index (κ2) is 10.1. The molecule has 216 valence electrons. The molecule has 0 fully saturated rings. The lowest BCUT2D eigenvalue weighted by Gasteiger charge is -2.18. The molecule has 2 aliphatic rings. The van der Waals surface area contributed by atoms with Gasteiger partial charge in [0.15, 0.2) is 18.1 Å². The molecule has 0 radical (unpaired) electrons. The summed E-state index contributed by atoms with van der Waals surface area (Å²) in [6.07, 6.45) is 1.30. The molecule has 0 saturated carbocycles. The standard InChI is InChI=1S/C28H22N8O7/c37-23-10-22-30-19(26(39)29-11-13-1-6-21-18(7-13)31-24(38)12-42-21)9-20(36(22)34-23)27(40)32-17-5-3-14-8-15(2-4-16(14)17)25-33-28(41)43-35-25/h1-2,4,6-10,17H,3,5,11-12H2,(H,29,39)(H,31,38)(H,32,40)(H,34,37)(H,33,35,41)/t17-/m0/s1. The quantitative estimate of drug-likeness (QED) is 0.194. The molecular formula is C28H22N8O7. The van der Waals surface area contributed by atoms with Gasteiger partial charge >= 0.3 is 5.76 Å². The molecule has 2 aromatic carbocycles. The summed E-state index contributed by atoms with van der Waals surface area (Å²) in [5.74, 6) is -1.15. The number of hydrogen-bond donors (Lipinski definition) is 5. The molecule has 0 bridgehead atoms. The first-order valence-electron chi connectivity index (χ1n) is 13.3. The molecule has 5 aromatic rings. The Morgan fingerprint density at radius 3 is 2.77 bits per heavy atom. The first-order chi connectivity index (χ1) is 20.8. The van der Waals surface area contributed by atoms with Crippen LogP contribution in [0.4, 0.5) is 5.69 Å². The van der Waals surface area contributed by atoms with E-state index in [-0.39, 0.29) is 42.1 Å².